The summed E-state index contributed by atoms with van der Waals surface area (Å²) in [4.78, 5) is -0.601. The summed E-state index contributed by atoms with van der Waals surface area (Å²) in [6.45, 7) is 1.17. The number of aryl methyl sites for hydroxylation is 1. The van der Waals surface area contributed by atoms with E-state index in [0.717, 1.165) is 6.07 Å². The smallest absolute Gasteiger partial charge is 0.389 e. The van der Waals surface area contributed by atoms with Crippen molar-refractivity contribution in [1.82, 2.24) is 4.72 Å². The molecule has 0 saturated heterocycles. The van der Waals surface area contributed by atoms with E-state index in [1.54, 1.807) is 0 Å². The van der Waals surface area contributed by atoms with Crippen molar-refractivity contribution in [1.29, 1.82) is 0 Å². The molecule has 21 heavy (non-hydrogen) atoms. The molecule has 0 aliphatic rings. The Morgan fingerprint density at radius 3 is 2.43 bits per heavy atom. The fraction of sp³-hybridized carbons (Fsp3) is 0.500. The zero-order valence-corrected chi connectivity index (χ0v) is 12.1. The zero-order chi connectivity index (χ0) is 16.3. The van der Waals surface area contributed by atoms with Crippen LogP contribution in [0, 0.1) is 12.7 Å². The lowest BCUT2D eigenvalue weighted by atomic mass is 10.2. The van der Waals surface area contributed by atoms with Crippen molar-refractivity contribution < 1.29 is 26.0 Å². The molecule has 0 aromatic heterocycles. The molecule has 9 heteroatoms. The molecule has 4 nitrogen and oxygen atoms in total. The number of nitrogen functional groups attached to an aromatic ring is 1. The summed E-state index contributed by atoms with van der Waals surface area (Å²) in [7, 11) is -4.14. The second-order valence-electron chi connectivity index (χ2n) is 4.62. The van der Waals surface area contributed by atoms with Gasteiger partial charge in [-0.25, -0.2) is 17.5 Å². The van der Waals surface area contributed by atoms with Crippen molar-refractivity contribution in [3.8, 4) is 0 Å². The van der Waals surface area contributed by atoms with Crippen LogP contribution in [0.15, 0.2) is 17.0 Å². The van der Waals surface area contributed by atoms with Gasteiger partial charge in [-0.2, -0.15) is 13.2 Å². The number of anilines is 1. The first-order valence-corrected chi connectivity index (χ1v) is 7.63. The maximum Gasteiger partial charge on any atom is 0.389 e. The predicted octanol–water partition coefficient (Wildman–Crippen LogP) is 2.73. The average molecular weight is 328 g/mol. The molecule has 0 fully saturated rings. The third kappa shape index (κ3) is 5.50. The van der Waals surface area contributed by atoms with Crippen LogP contribution in [0.5, 0.6) is 0 Å². The molecule has 0 spiro atoms. The lowest BCUT2D eigenvalue weighted by molar-refractivity contribution is -0.135. The fourth-order valence-corrected chi connectivity index (χ4v) is 2.95. The lowest BCUT2D eigenvalue weighted by Gasteiger charge is -2.10. The van der Waals surface area contributed by atoms with E-state index < -0.39 is 33.3 Å². The molecule has 0 radical (unpaired) electrons. The van der Waals surface area contributed by atoms with Gasteiger partial charge in [-0.1, -0.05) is 0 Å². The number of halogens is 4. The second-order valence-corrected chi connectivity index (χ2v) is 6.36. The van der Waals surface area contributed by atoms with Gasteiger partial charge in [0.15, 0.2) is 0 Å². The number of benzene rings is 1. The molecule has 120 valence electrons. The Morgan fingerprint density at radius 1 is 1.24 bits per heavy atom. The van der Waals surface area contributed by atoms with Crippen LogP contribution < -0.4 is 10.5 Å². The van der Waals surface area contributed by atoms with Crippen LogP contribution in [0.25, 0.3) is 0 Å². The average Bonchev–Trinajstić information content (AvgIpc) is 2.31. The fourth-order valence-electron chi connectivity index (χ4n) is 1.69. The molecule has 1 aromatic rings. The molecule has 0 bridgehead atoms. The van der Waals surface area contributed by atoms with E-state index in [-0.39, 0.29) is 30.6 Å². The summed E-state index contributed by atoms with van der Waals surface area (Å²) in [6.07, 6.45) is -5.46. The Hall–Kier alpha value is -1.35. The van der Waals surface area contributed by atoms with Crippen LogP contribution in [-0.4, -0.2) is 21.1 Å². The van der Waals surface area contributed by atoms with Crippen LogP contribution in [0.1, 0.15) is 24.8 Å². The van der Waals surface area contributed by atoms with Crippen LogP contribution in [0.3, 0.4) is 0 Å². The van der Waals surface area contributed by atoms with Gasteiger partial charge < -0.3 is 5.73 Å². The van der Waals surface area contributed by atoms with E-state index in [1.807, 2.05) is 0 Å². The summed E-state index contributed by atoms with van der Waals surface area (Å²) in [5.74, 6) is -0.924. The molecular weight excluding hydrogens is 312 g/mol. The number of nitrogens with two attached hydrogens (primary N) is 1. The number of hydrogen-bond acceptors (Lipinski definition) is 3. The van der Waals surface area contributed by atoms with Gasteiger partial charge in [-0.15, -0.1) is 0 Å². The summed E-state index contributed by atoms with van der Waals surface area (Å²) >= 11 is 0. The summed E-state index contributed by atoms with van der Waals surface area (Å²) < 4.78 is 75.4. The van der Waals surface area contributed by atoms with Crippen molar-refractivity contribution in [3.05, 3.63) is 23.5 Å². The van der Waals surface area contributed by atoms with Gasteiger partial charge in [0.2, 0.25) is 10.0 Å². The van der Waals surface area contributed by atoms with E-state index in [9.17, 15) is 26.0 Å². The van der Waals surface area contributed by atoms with Crippen LogP contribution in [-0.2, 0) is 10.0 Å². The number of hydrogen-bond donors (Lipinski definition) is 2. The highest BCUT2D eigenvalue weighted by atomic mass is 32.2. The first-order chi connectivity index (χ1) is 9.53. The quantitative estimate of drug-likeness (QED) is 0.479. The minimum Gasteiger partial charge on any atom is -0.399 e. The molecule has 0 amide bonds. The first-order valence-electron chi connectivity index (χ1n) is 6.15. The Balaban J connectivity index is 2.67. The van der Waals surface area contributed by atoms with Gasteiger partial charge in [0, 0.05) is 18.7 Å². The van der Waals surface area contributed by atoms with Crippen molar-refractivity contribution in [3.63, 3.8) is 0 Å². The highest BCUT2D eigenvalue weighted by molar-refractivity contribution is 7.89. The third-order valence-electron chi connectivity index (χ3n) is 2.71. The monoisotopic (exact) mass is 328 g/mol. The molecule has 0 saturated carbocycles. The Morgan fingerprint density at radius 2 is 1.86 bits per heavy atom. The Bertz CT molecular complexity index is 600. The summed E-state index contributed by atoms with van der Waals surface area (Å²) in [6, 6.07) is 2.26. The van der Waals surface area contributed by atoms with Crippen molar-refractivity contribution in [2.45, 2.75) is 37.3 Å². The highest BCUT2D eigenvalue weighted by Gasteiger charge is 2.26. The van der Waals surface area contributed by atoms with Crippen LogP contribution in [0.4, 0.5) is 23.2 Å². The largest absolute Gasteiger partial charge is 0.399 e. The first kappa shape index (κ1) is 17.7. The van der Waals surface area contributed by atoms with Gasteiger partial charge in [0.1, 0.15) is 10.7 Å². The number of unbranched alkanes of at least 4 members (excludes halogenated alkanes) is 1. The van der Waals surface area contributed by atoms with Crippen molar-refractivity contribution in [2.75, 3.05) is 12.3 Å². The van der Waals surface area contributed by atoms with E-state index in [0.29, 0.717) is 0 Å². The van der Waals surface area contributed by atoms with Gasteiger partial charge in [-0.05, 0) is 37.5 Å². The topological polar surface area (TPSA) is 72.2 Å². The SMILES string of the molecule is Cc1cc(N)cc(S(=O)(=O)NCCCCC(F)(F)F)c1F. The standard InChI is InChI=1S/C12H16F4N2O2S/c1-8-6-9(17)7-10(11(8)13)21(19,20)18-5-3-2-4-12(14,15)16/h6-7,18H,2-5,17H2,1H3. The van der Waals surface area contributed by atoms with E-state index in [1.165, 1.54) is 13.0 Å². The number of sulfonamides is 1. The lowest BCUT2D eigenvalue weighted by Crippen LogP contribution is -2.26. The number of rotatable bonds is 6. The van der Waals surface area contributed by atoms with Gasteiger partial charge in [-0.3, -0.25) is 0 Å². The normalized spacial score (nSPS) is 12.6. The maximum absolute atomic E-state index is 13.8. The zero-order valence-electron chi connectivity index (χ0n) is 11.3. The maximum atomic E-state index is 13.8. The molecule has 1 rings (SSSR count). The number of nitrogens with one attached hydrogen (secondary N) is 1. The molecule has 0 unspecified atom stereocenters. The second kappa shape index (κ2) is 6.61. The van der Waals surface area contributed by atoms with E-state index in [2.05, 4.69) is 4.72 Å². The Kier molecular flexibility index (Phi) is 5.57. The molecule has 0 aliphatic carbocycles. The minimum absolute atomic E-state index is 0.00164. The van der Waals surface area contributed by atoms with Gasteiger partial charge >= 0.3 is 6.18 Å². The molecule has 0 heterocycles. The molecule has 3 N–H and O–H groups in total. The molecule has 1 aromatic carbocycles. The van der Waals surface area contributed by atoms with Crippen molar-refractivity contribution >= 4 is 15.7 Å². The van der Waals surface area contributed by atoms with E-state index in [4.69, 9.17) is 5.73 Å². The highest BCUT2D eigenvalue weighted by Crippen LogP contribution is 2.23. The molecular formula is C12H16F4N2O2S. The van der Waals surface area contributed by atoms with E-state index >= 15 is 0 Å². The predicted molar refractivity (Wildman–Crippen MR) is 70.6 cm³/mol. The van der Waals surface area contributed by atoms with Gasteiger partial charge in [0.05, 0.1) is 0 Å². The minimum atomic E-state index is -4.27. The number of alkyl halides is 3. The summed E-state index contributed by atoms with van der Waals surface area (Å²) in [5, 5.41) is 0. The van der Waals surface area contributed by atoms with Crippen LogP contribution in [0.2, 0.25) is 0 Å². The van der Waals surface area contributed by atoms with Crippen molar-refractivity contribution in [2.24, 2.45) is 0 Å². The summed E-state index contributed by atoms with van der Waals surface area (Å²) in [5.41, 5.74) is 5.63. The Labute approximate surface area is 120 Å². The molecule has 0 aliphatic heterocycles. The van der Waals surface area contributed by atoms with Crippen LogP contribution >= 0.6 is 0 Å². The van der Waals surface area contributed by atoms with Gasteiger partial charge in [0.25, 0.3) is 0 Å². The molecule has 0 atom stereocenters. The third-order valence-corrected chi connectivity index (χ3v) is 4.17.